The molecule has 0 aromatic heterocycles. The third-order valence-corrected chi connectivity index (χ3v) is 6.19. The van der Waals surface area contributed by atoms with Crippen molar-refractivity contribution in [2.24, 2.45) is 5.73 Å². The van der Waals surface area contributed by atoms with Gasteiger partial charge in [0, 0.05) is 11.4 Å². The Balaban J connectivity index is 1.62. The Kier molecular flexibility index (Phi) is 7.14. The standard InChI is InChI=1S/C27H24F6N2O2/c28-26(29,30)25(27(31,32)33,17-1-9-21(10-2-17)36-23-13-5-19(34)6-14-23)18-3-11-22(12-4-18)37-24-15-7-20(35)8-16-24/h1-11,13-15,22,24H,12,16,34-35H2. The first kappa shape index (κ1) is 26.4. The minimum absolute atomic E-state index is 0.0728. The minimum Gasteiger partial charge on any atom is -0.457 e. The third kappa shape index (κ3) is 5.39. The highest BCUT2D eigenvalue weighted by molar-refractivity contribution is 5.50. The van der Waals surface area contributed by atoms with Crippen LogP contribution in [0.1, 0.15) is 18.4 Å². The van der Waals surface area contributed by atoms with Gasteiger partial charge in [-0.15, -0.1) is 0 Å². The highest BCUT2D eigenvalue weighted by Gasteiger charge is 2.73. The van der Waals surface area contributed by atoms with Crippen molar-refractivity contribution in [3.63, 3.8) is 0 Å². The third-order valence-electron chi connectivity index (χ3n) is 6.19. The van der Waals surface area contributed by atoms with E-state index in [9.17, 15) is 26.3 Å². The van der Waals surface area contributed by atoms with Gasteiger partial charge in [-0.05, 0) is 66.5 Å². The van der Waals surface area contributed by atoms with E-state index in [2.05, 4.69) is 0 Å². The van der Waals surface area contributed by atoms with E-state index in [-0.39, 0.29) is 18.3 Å². The maximum Gasteiger partial charge on any atom is 0.411 e. The van der Waals surface area contributed by atoms with Crippen LogP contribution in [0.25, 0.3) is 0 Å². The predicted octanol–water partition coefficient (Wildman–Crippen LogP) is 6.87. The largest absolute Gasteiger partial charge is 0.457 e. The molecule has 196 valence electrons. The second-order valence-corrected chi connectivity index (χ2v) is 8.71. The summed E-state index contributed by atoms with van der Waals surface area (Å²) in [5.41, 5.74) is 6.18. The van der Waals surface area contributed by atoms with Crippen LogP contribution in [0.15, 0.2) is 96.3 Å². The molecule has 2 aliphatic carbocycles. The topological polar surface area (TPSA) is 70.5 Å². The lowest BCUT2D eigenvalue weighted by molar-refractivity contribution is -0.289. The Bertz CT molecular complexity index is 1210. The molecule has 4 rings (SSSR count). The summed E-state index contributed by atoms with van der Waals surface area (Å²) in [5, 5.41) is 0. The molecule has 2 unspecified atom stereocenters. The van der Waals surface area contributed by atoms with Crippen molar-refractivity contribution < 1.29 is 35.8 Å². The number of ether oxygens (including phenoxy) is 2. The van der Waals surface area contributed by atoms with Crippen molar-refractivity contribution in [3.05, 3.63) is 102 Å². The Morgan fingerprint density at radius 2 is 1.19 bits per heavy atom. The van der Waals surface area contributed by atoms with Crippen molar-refractivity contribution in [1.29, 1.82) is 0 Å². The van der Waals surface area contributed by atoms with Gasteiger partial charge in [-0.2, -0.15) is 26.3 Å². The molecule has 4 nitrogen and oxygen atoms in total. The Morgan fingerprint density at radius 3 is 1.65 bits per heavy atom. The van der Waals surface area contributed by atoms with Gasteiger partial charge in [0.25, 0.3) is 0 Å². The summed E-state index contributed by atoms with van der Waals surface area (Å²) < 4.78 is 97.9. The van der Waals surface area contributed by atoms with Gasteiger partial charge in [0.1, 0.15) is 11.5 Å². The summed E-state index contributed by atoms with van der Waals surface area (Å²) in [6.45, 7) is 0. The summed E-state index contributed by atoms with van der Waals surface area (Å²) in [4.78, 5) is 0. The van der Waals surface area contributed by atoms with E-state index < -0.39 is 35.0 Å². The molecule has 0 saturated carbocycles. The smallest absolute Gasteiger partial charge is 0.411 e. The van der Waals surface area contributed by atoms with Gasteiger partial charge in [0.2, 0.25) is 5.41 Å². The molecule has 0 spiro atoms. The van der Waals surface area contributed by atoms with Crippen LogP contribution in [0.2, 0.25) is 0 Å². The monoisotopic (exact) mass is 522 g/mol. The number of halogens is 6. The predicted molar refractivity (Wildman–Crippen MR) is 128 cm³/mol. The zero-order valence-electron chi connectivity index (χ0n) is 19.4. The van der Waals surface area contributed by atoms with E-state index in [4.69, 9.17) is 20.9 Å². The molecule has 2 aromatic rings. The van der Waals surface area contributed by atoms with E-state index in [0.29, 0.717) is 23.6 Å². The molecule has 37 heavy (non-hydrogen) atoms. The minimum atomic E-state index is -5.68. The number of allylic oxidation sites excluding steroid dienone is 3. The van der Waals surface area contributed by atoms with Gasteiger partial charge in [0.05, 0.1) is 12.2 Å². The van der Waals surface area contributed by atoms with Crippen LogP contribution in [0.5, 0.6) is 11.5 Å². The second kappa shape index (κ2) is 10.0. The van der Waals surface area contributed by atoms with Crippen LogP contribution in [0, 0.1) is 0 Å². The zero-order chi connectivity index (χ0) is 26.8. The molecule has 4 N–H and O–H groups in total. The maximum absolute atomic E-state index is 14.4. The van der Waals surface area contributed by atoms with E-state index in [1.165, 1.54) is 18.2 Å². The van der Waals surface area contributed by atoms with E-state index in [0.717, 1.165) is 36.4 Å². The van der Waals surface area contributed by atoms with Crippen LogP contribution < -0.4 is 16.2 Å². The number of benzene rings is 2. The first-order chi connectivity index (χ1) is 17.4. The summed E-state index contributed by atoms with van der Waals surface area (Å²) in [6, 6.07) is 9.89. The summed E-state index contributed by atoms with van der Waals surface area (Å²) in [7, 11) is 0. The fourth-order valence-corrected chi connectivity index (χ4v) is 4.35. The quantitative estimate of drug-likeness (QED) is 0.321. The van der Waals surface area contributed by atoms with E-state index in [1.807, 2.05) is 0 Å². The van der Waals surface area contributed by atoms with Crippen LogP contribution >= 0.6 is 0 Å². The Labute approximate surface area is 209 Å². The number of nitrogens with two attached hydrogens (primary N) is 2. The van der Waals surface area contributed by atoms with Gasteiger partial charge in [-0.3, -0.25) is 0 Å². The summed E-state index contributed by atoms with van der Waals surface area (Å²) >= 11 is 0. The lowest BCUT2D eigenvalue weighted by Gasteiger charge is -2.40. The lowest BCUT2D eigenvalue weighted by atomic mass is 9.71. The van der Waals surface area contributed by atoms with Crippen molar-refractivity contribution in [2.45, 2.75) is 42.8 Å². The zero-order valence-corrected chi connectivity index (χ0v) is 19.4. The van der Waals surface area contributed by atoms with Crippen LogP contribution in [0.4, 0.5) is 32.0 Å². The highest BCUT2D eigenvalue weighted by atomic mass is 19.4. The number of alkyl halides is 6. The molecule has 0 aliphatic heterocycles. The van der Waals surface area contributed by atoms with Gasteiger partial charge in [0.15, 0.2) is 0 Å². The van der Waals surface area contributed by atoms with E-state index in [1.54, 1.807) is 30.4 Å². The molecular weight excluding hydrogens is 498 g/mol. The summed E-state index contributed by atoms with van der Waals surface area (Å²) in [5.74, 6) is 0.401. The molecule has 0 fully saturated rings. The van der Waals surface area contributed by atoms with Gasteiger partial charge in [-0.1, -0.05) is 42.5 Å². The van der Waals surface area contributed by atoms with Crippen molar-refractivity contribution >= 4 is 5.69 Å². The number of hydrogen-bond donors (Lipinski definition) is 2. The average Bonchev–Trinajstić information content (AvgIpc) is 2.83. The molecule has 2 aromatic carbocycles. The van der Waals surface area contributed by atoms with Crippen LogP contribution in [-0.4, -0.2) is 24.6 Å². The highest BCUT2D eigenvalue weighted by Crippen LogP contribution is 2.57. The molecule has 0 radical (unpaired) electrons. The number of hydrogen-bond acceptors (Lipinski definition) is 4. The first-order valence-corrected chi connectivity index (χ1v) is 11.4. The molecular formula is C27H24F6N2O2. The van der Waals surface area contributed by atoms with Gasteiger partial charge < -0.3 is 20.9 Å². The fourth-order valence-electron chi connectivity index (χ4n) is 4.35. The van der Waals surface area contributed by atoms with Crippen LogP contribution in [-0.2, 0) is 10.2 Å². The summed E-state index contributed by atoms with van der Waals surface area (Å²) in [6.07, 6.45) is -4.00. The molecule has 0 amide bonds. The molecule has 0 bridgehead atoms. The lowest BCUT2D eigenvalue weighted by Crippen LogP contribution is -2.55. The molecule has 0 saturated heterocycles. The van der Waals surface area contributed by atoms with Gasteiger partial charge >= 0.3 is 12.4 Å². The van der Waals surface area contributed by atoms with Crippen molar-refractivity contribution in [2.75, 3.05) is 5.73 Å². The SMILES string of the molecule is NC1=CCC(OC2C=CC(C(c3ccc(Oc4ccc(N)cc4)cc3)(C(F)(F)F)C(F)(F)F)=CC2)C=C1. The molecule has 0 heterocycles. The van der Waals surface area contributed by atoms with Gasteiger partial charge in [-0.25, -0.2) is 0 Å². The van der Waals surface area contributed by atoms with E-state index >= 15 is 0 Å². The normalized spacial score (nSPS) is 20.4. The fraction of sp³-hybridized carbons (Fsp3) is 0.259. The number of rotatable bonds is 6. The maximum atomic E-state index is 14.4. The second-order valence-electron chi connectivity index (χ2n) is 8.71. The molecule has 2 aliphatic rings. The number of nitrogen functional groups attached to an aromatic ring is 1. The molecule has 10 heteroatoms. The molecule has 2 atom stereocenters. The number of anilines is 1. The average molecular weight is 522 g/mol. The van der Waals surface area contributed by atoms with Crippen LogP contribution in [0.3, 0.4) is 0 Å². The Morgan fingerprint density at radius 1 is 0.676 bits per heavy atom. The Hall–Kier alpha value is -3.66. The first-order valence-electron chi connectivity index (χ1n) is 11.4. The van der Waals surface area contributed by atoms with Crippen molar-refractivity contribution in [3.8, 4) is 11.5 Å². The van der Waals surface area contributed by atoms with Crippen molar-refractivity contribution in [1.82, 2.24) is 0 Å².